The Morgan fingerprint density at radius 2 is 1.30 bits per heavy atom. The number of benzene rings is 3. The summed E-state index contributed by atoms with van der Waals surface area (Å²) in [6, 6.07) is 22.9. The van der Waals surface area contributed by atoms with E-state index in [1.807, 2.05) is 60.7 Å². The molecule has 0 bridgehead atoms. The number of amides is 1. The van der Waals surface area contributed by atoms with Crippen LogP contribution in [0.1, 0.15) is 17.2 Å². The van der Waals surface area contributed by atoms with Crippen LogP contribution in [0.2, 0.25) is 15.1 Å². The molecule has 0 atom stereocenters. The van der Waals surface area contributed by atoms with Crippen LogP contribution in [0, 0.1) is 0 Å². The number of anilines is 1. The fourth-order valence-electron chi connectivity index (χ4n) is 2.76. The summed E-state index contributed by atoms with van der Waals surface area (Å²) < 4.78 is 0. The van der Waals surface area contributed by atoms with Gasteiger partial charge in [0.05, 0.1) is 28.3 Å². The highest BCUT2D eigenvalue weighted by Crippen LogP contribution is 2.33. The van der Waals surface area contributed by atoms with Crippen molar-refractivity contribution in [2.45, 2.75) is 6.04 Å². The Morgan fingerprint density at radius 3 is 1.78 bits per heavy atom. The predicted molar refractivity (Wildman–Crippen MR) is 113 cm³/mol. The highest BCUT2D eigenvalue weighted by Gasteiger charge is 2.16. The van der Waals surface area contributed by atoms with Crippen molar-refractivity contribution in [2.24, 2.45) is 0 Å². The fourth-order valence-corrected chi connectivity index (χ4v) is 3.67. The first-order valence-electron chi connectivity index (χ1n) is 8.32. The second-order valence-electron chi connectivity index (χ2n) is 5.93. The summed E-state index contributed by atoms with van der Waals surface area (Å²) >= 11 is 18.2. The van der Waals surface area contributed by atoms with Gasteiger partial charge in [-0.3, -0.25) is 10.1 Å². The Hall–Kier alpha value is -2.04. The first-order chi connectivity index (χ1) is 13.0. The molecule has 0 aliphatic carbocycles. The third-order valence-electron chi connectivity index (χ3n) is 4.00. The van der Waals surface area contributed by atoms with Gasteiger partial charge in [0.1, 0.15) is 0 Å². The lowest BCUT2D eigenvalue weighted by atomic mass is 9.99. The van der Waals surface area contributed by atoms with Gasteiger partial charge in [0, 0.05) is 5.02 Å². The molecule has 0 aliphatic rings. The maximum Gasteiger partial charge on any atom is 0.238 e. The zero-order chi connectivity index (χ0) is 19.2. The van der Waals surface area contributed by atoms with Crippen LogP contribution in [-0.4, -0.2) is 12.5 Å². The molecule has 0 saturated carbocycles. The number of hydrogen-bond donors (Lipinski definition) is 2. The lowest BCUT2D eigenvalue weighted by Gasteiger charge is -2.20. The van der Waals surface area contributed by atoms with Crippen molar-refractivity contribution >= 4 is 46.4 Å². The predicted octanol–water partition coefficient (Wildman–Crippen LogP) is 5.96. The molecule has 0 unspecified atom stereocenters. The van der Waals surface area contributed by atoms with Gasteiger partial charge in [0.25, 0.3) is 0 Å². The SMILES string of the molecule is O=C(CNC(c1ccccc1)c1ccccc1)Nc1c(Cl)cc(Cl)cc1Cl. The Bertz CT molecular complexity index is 855. The van der Waals surface area contributed by atoms with E-state index in [0.717, 1.165) is 11.1 Å². The van der Waals surface area contributed by atoms with Gasteiger partial charge in [-0.1, -0.05) is 95.5 Å². The molecule has 138 valence electrons. The van der Waals surface area contributed by atoms with Crippen molar-refractivity contribution in [1.29, 1.82) is 0 Å². The number of nitrogens with one attached hydrogen (secondary N) is 2. The van der Waals surface area contributed by atoms with Crippen LogP contribution in [0.4, 0.5) is 5.69 Å². The zero-order valence-electron chi connectivity index (χ0n) is 14.3. The molecule has 0 heterocycles. The highest BCUT2D eigenvalue weighted by molar-refractivity contribution is 6.42. The van der Waals surface area contributed by atoms with Crippen molar-refractivity contribution in [2.75, 3.05) is 11.9 Å². The molecule has 0 aliphatic heterocycles. The van der Waals surface area contributed by atoms with Crippen molar-refractivity contribution in [3.63, 3.8) is 0 Å². The molecule has 0 radical (unpaired) electrons. The van der Waals surface area contributed by atoms with Gasteiger partial charge in [0.15, 0.2) is 0 Å². The monoisotopic (exact) mass is 418 g/mol. The molecule has 0 aromatic heterocycles. The molecule has 0 spiro atoms. The van der Waals surface area contributed by atoms with Gasteiger partial charge >= 0.3 is 0 Å². The van der Waals surface area contributed by atoms with Gasteiger partial charge in [-0.2, -0.15) is 0 Å². The van der Waals surface area contributed by atoms with Gasteiger partial charge in [0.2, 0.25) is 5.91 Å². The van der Waals surface area contributed by atoms with Crippen LogP contribution >= 0.6 is 34.8 Å². The summed E-state index contributed by atoms with van der Waals surface area (Å²) in [5.41, 5.74) is 2.49. The standard InChI is InChI=1S/C21H17Cl3N2O/c22-16-11-17(23)21(18(24)12-16)26-19(27)13-25-20(14-7-3-1-4-8-14)15-9-5-2-6-10-15/h1-12,20,25H,13H2,(H,26,27). The van der Waals surface area contributed by atoms with Crippen LogP contribution in [0.3, 0.4) is 0 Å². The molecular formula is C21H17Cl3N2O. The summed E-state index contributed by atoms with van der Waals surface area (Å²) in [7, 11) is 0. The van der Waals surface area contributed by atoms with E-state index in [1.165, 1.54) is 12.1 Å². The van der Waals surface area contributed by atoms with E-state index >= 15 is 0 Å². The molecule has 6 heteroatoms. The maximum absolute atomic E-state index is 12.4. The molecule has 0 saturated heterocycles. The molecule has 3 aromatic carbocycles. The summed E-state index contributed by atoms with van der Waals surface area (Å²) in [6.07, 6.45) is 0. The average molecular weight is 420 g/mol. The van der Waals surface area contributed by atoms with Gasteiger partial charge in [-0.05, 0) is 23.3 Å². The van der Waals surface area contributed by atoms with Crippen LogP contribution in [0.5, 0.6) is 0 Å². The molecule has 3 nitrogen and oxygen atoms in total. The van der Waals surface area contributed by atoms with Crippen molar-refractivity contribution in [3.8, 4) is 0 Å². The maximum atomic E-state index is 12.4. The number of rotatable bonds is 6. The molecule has 2 N–H and O–H groups in total. The third kappa shape index (κ3) is 5.24. The van der Waals surface area contributed by atoms with E-state index in [0.29, 0.717) is 20.8 Å². The minimum Gasteiger partial charge on any atom is -0.322 e. The van der Waals surface area contributed by atoms with Crippen LogP contribution in [0.25, 0.3) is 0 Å². The Kier molecular flexibility index (Phi) is 6.75. The van der Waals surface area contributed by atoms with Gasteiger partial charge < -0.3 is 5.32 Å². The minimum absolute atomic E-state index is 0.0870. The Morgan fingerprint density at radius 1 is 0.815 bits per heavy atom. The molecule has 3 aromatic rings. The molecule has 3 rings (SSSR count). The number of carbonyl (C=O) groups excluding carboxylic acids is 1. The zero-order valence-corrected chi connectivity index (χ0v) is 16.5. The van der Waals surface area contributed by atoms with E-state index in [1.54, 1.807) is 0 Å². The van der Waals surface area contributed by atoms with E-state index in [-0.39, 0.29) is 18.5 Å². The topological polar surface area (TPSA) is 41.1 Å². The fraction of sp³-hybridized carbons (Fsp3) is 0.0952. The van der Waals surface area contributed by atoms with Crippen LogP contribution in [-0.2, 0) is 4.79 Å². The third-order valence-corrected chi connectivity index (χ3v) is 4.82. The lowest BCUT2D eigenvalue weighted by molar-refractivity contribution is -0.115. The molecular weight excluding hydrogens is 403 g/mol. The van der Waals surface area contributed by atoms with Crippen LogP contribution < -0.4 is 10.6 Å². The summed E-state index contributed by atoms with van der Waals surface area (Å²) in [5.74, 6) is -0.252. The Balaban J connectivity index is 1.73. The normalized spacial score (nSPS) is 10.8. The minimum atomic E-state index is -0.252. The van der Waals surface area contributed by atoms with E-state index in [9.17, 15) is 4.79 Å². The second kappa shape index (κ2) is 9.25. The summed E-state index contributed by atoms with van der Waals surface area (Å²) in [4.78, 5) is 12.4. The van der Waals surface area contributed by atoms with E-state index in [4.69, 9.17) is 34.8 Å². The smallest absolute Gasteiger partial charge is 0.238 e. The summed E-state index contributed by atoms with van der Waals surface area (Å²) in [5, 5.41) is 7.04. The summed E-state index contributed by atoms with van der Waals surface area (Å²) in [6.45, 7) is 0.0870. The number of carbonyl (C=O) groups is 1. The lowest BCUT2D eigenvalue weighted by Crippen LogP contribution is -2.32. The molecule has 0 fully saturated rings. The number of hydrogen-bond acceptors (Lipinski definition) is 2. The molecule has 1 amide bonds. The quantitative estimate of drug-likeness (QED) is 0.517. The van der Waals surface area contributed by atoms with E-state index < -0.39 is 0 Å². The van der Waals surface area contributed by atoms with Gasteiger partial charge in [-0.25, -0.2) is 0 Å². The van der Waals surface area contributed by atoms with Crippen molar-refractivity contribution < 1.29 is 4.79 Å². The first kappa shape index (κ1) is 19.7. The molecule has 27 heavy (non-hydrogen) atoms. The average Bonchev–Trinajstić information content (AvgIpc) is 2.66. The van der Waals surface area contributed by atoms with Crippen molar-refractivity contribution in [3.05, 3.63) is 99.0 Å². The second-order valence-corrected chi connectivity index (χ2v) is 7.18. The largest absolute Gasteiger partial charge is 0.322 e. The highest BCUT2D eigenvalue weighted by atomic mass is 35.5. The Labute approximate surface area is 173 Å². The van der Waals surface area contributed by atoms with Gasteiger partial charge in [-0.15, -0.1) is 0 Å². The van der Waals surface area contributed by atoms with E-state index in [2.05, 4.69) is 10.6 Å². The van der Waals surface area contributed by atoms with Crippen LogP contribution in [0.15, 0.2) is 72.8 Å². The van der Waals surface area contributed by atoms with Crippen molar-refractivity contribution in [1.82, 2.24) is 5.32 Å². The first-order valence-corrected chi connectivity index (χ1v) is 9.45. The number of halogens is 3.